The standard InChI is InChI=1S/C48H30N4O8.ClH.Mn/c53-45(54)29-9-1-25(2-10-29)41-33-17-19-35(49-33)42(26-3-11-30(12-4-26)46(55)56)37-21-23-39(51-37)44(28-7-15-32(16-8-28)48(59)60)40-24-22-38(52-40)43(36-20-18-34(41)50-36)27-5-13-31(14-6-27)47(57)58;;/h1-24H,(H6,49,50,51,52,53,54,55,56,57,58,59,60);1H;/q;;+3/p-3. The average molecular weight is 879 g/mol. The fourth-order valence-electron chi connectivity index (χ4n) is 7.39. The normalized spacial score (nSPS) is 11.4. The number of aromatic nitrogens is 4. The molecule has 0 fully saturated rings. The van der Waals surface area contributed by atoms with Crippen LogP contribution < -0.4 is 22.4 Å². The van der Waals surface area contributed by atoms with E-state index in [1.807, 2.05) is 48.6 Å². The second-order valence-corrected chi connectivity index (χ2v) is 13.9. The van der Waals surface area contributed by atoms with Crippen molar-refractivity contribution in [2.45, 2.75) is 0 Å². The van der Waals surface area contributed by atoms with E-state index >= 15 is 0 Å². The van der Waals surface area contributed by atoms with Crippen LogP contribution in [0.15, 0.2) is 121 Å². The second-order valence-electron chi connectivity index (χ2n) is 13.9. The minimum absolute atomic E-state index is 0. The Kier molecular flexibility index (Phi) is 11.6. The van der Waals surface area contributed by atoms with E-state index in [0.29, 0.717) is 89.4 Å². The summed E-state index contributed by atoms with van der Waals surface area (Å²) in [5, 5.41) is 38.7. The Balaban J connectivity index is 0.00000289. The maximum absolute atomic E-state index is 11.8. The second kappa shape index (κ2) is 17.0. The monoisotopic (exact) mass is 878 g/mol. The number of fused-ring (bicyclic) bond motifs is 8. The summed E-state index contributed by atoms with van der Waals surface area (Å²) >= 11 is 0. The largest absolute Gasteiger partial charge is 3.00 e. The molecule has 2 aliphatic heterocycles. The molecule has 0 saturated carbocycles. The molecule has 0 spiro atoms. The summed E-state index contributed by atoms with van der Waals surface area (Å²) in [6.45, 7) is 0. The molecular formula is C48H28ClMnN4O8. The van der Waals surface area contributed by atoms with Crippen molar-refractivity contribution in [3.63, 3.8) is 0 Å². The minimum atomic E-state index is -1.07. The molecule has 0 unspecified atom stereocenters. The van der Waals surface area contributed by atoms with E-state index in [1.165, 1.54) is 48.5 Å². The van der Waals surface area contributed by atoms with Crippen LogP contribution >= 0.6 is 0 Å². The van der Waals surface area contributed by atoms with Crippen molar-refractivity contribution >= 4 is 70.2 Å². The number of carboxylic acids is 4. The van der Waals surface area contributed by atoms with Crippen molar-refractivity contribution in [3.8, 4) is 44.5 Å². The van der Waals surface area contributed by atoms with Crippen LogP contribution in [0.5, 0.6) is 0 Å². The molecule has 302 valence electrons. The van der Waals surface area contributed by atoms with Gasteiger partial charge in [-0.3, -0.25) is 0 Å². The topological polar surface area (TPSA) is 203 Å². The molecule has 0 radical (unpaired) electrons. The molecule has 5 heterocycles. The Hall–Kier alpha value is -7.83. The van der Waals surface area contributed by atoms with E-state index in [2.05, 4.69) is 0 Å². The third kappa shape index (κ3) is 7.82. The Bertz CT molecular complexity index is 2770. The van der Waals surface area contributed by atoms with Gasteiger partial charge in [-0.25, -0.2) is 29.1 Å². The molecule has 2 aliphatic rings. The van der Waals surface area contributed by atoms with Crippen molar-refractivity contribution in [1.29, 1.82) is 0 Å². The third-order valence-corrected chi connectivity index (χ3v) is 10.3. The number of aromatic carboxylic acids is 4. The number of carboxylic acid groups (broad SMARTS) is 4. The molecular weight excluding hydrogens is 851 g/mol. The Morgan fingerprint density at radius 3 is 0.710 bits per heavy atom. The first-order chi connectivity index (χ1) is 29.0. The van der Waals surface area contributed by atoms with Gasteiger partial charge in [0, 0.05) is 0 Å². The number of halogens is 1. The molecule has 14 heteroatoms. The van der Waals surface area contributed by atoms with Crippen LogP contribution in [-0.4, -0.2) is 54.3 Å². The van der Waals surface area contributed by atoms with Crippen LogP contribution in [0, 0.1) is 0 Å². The molecule has 9 rings (SSSR count). The summed E-state index contributed by atoms with van der Waals surface area (Å²) in [6.07, 6.45) is 7.33. The van der Waals surface area contributed by atoms with Gasteiger partial charge >= 0.3 is 40.9 Å². The van der Waals surface area contributed by atoms with Gasteiger partial charge in [-0.15, -0.1) is 22.1 Å². The molecule has 62 heavy (non-hydrogen) atoms. The van der Waals surface area contributed by atoms with Gasteiger partial charge in [0.15, 0.2) is 0 Å². The van der Waals surface area contributed by atoms with Crippen molar-refractivity contribution in [3.05, 3.63) is 166 Å². The molecule has 3 aromatic heterocycles. The van der Waals surface area contributed by atoms with Crippen LogP contribution in [0.2, 0.25) is 0 Å². The minimum Gasteiger partial charge on any atom is -1.00 e. The van der Waals surface area contributed by atoms with Crippen LogP contribution in [0.25, 0.3) is 90.9 Å². The third-order valence-electron chi connectivity index (χ3n) is 10.3. The van der Waals surface area contributed by atoms with Gasteiger partial charge in [-0.1, -0.05) is 72.8 Å². The van der Waals surface area contributed by atoms with Gasteiger partial charge in [-0.2, -0.15) is 0 Å². The summed E-state index contributed by atoms with van der Waals surface area (Å²) in [4.78, 5) is 67.8. The van der Waals surface area contributed by atoms with E-state index in [9.17, 15) is 39.6 Å². The molecule has 0 amide bonds. The van der Waals surface area contributed by atoms with Gasteiger partial charge in [0.05, 0.1) is 45.0 Å². The fourth-order valence-corrected chi connectivity index (χ4v) is 7.39. The Morgan fingerprint density at radius 2 is 0.532 bits per heavy atom. The SMILES string of the molecule is O=C(O)c1ccc(-c2c3nc(c(-c4ccc(C(=O)O)cc4)c4ccc([n-]4)c(-c4ccc(C(=O)O)cc4)c4nc(c(-c5ccc(C(=O)O)cc5)c5ccc2[n-]5)C=C4)C=C3)cc1.[Cl-].[Mn+3]. The number of rotatable bonds is 8. The average Bonchev–Trinajstić information content (AvgIpc) is 4.10. The van der Waals surface area contributed by atoms with Crippen LogP contribution in [-0.2, 0) is 17.1 Å². The molecule has 12 nitrogen and oxygen atoms in total. The molecule has 7 aromatic rings. The number of hydrogen-bond acceptors (Lipinski definition) is 6. The van der Waals surface area contributed by atoms with E-state index in [0.717, 1.165) is 0 Å². The zero-order valence-electron chi connectivity index (χ0n) is 31.8. The molecule has 0 saturated heterocycles. The number of hydrogen-bond donors (Lipinski definition) is 4. The van der Waals surface area contributed by atoms with Gasteiger partial charge < -0.3 is 42.8 Å². The van der Waals surface area contributed by atoms with E-state index in [1.54, 1.807) is 48.5 Å². The Morgan fingerprint density at radius 1 is 0.339 bits per heavy atom. The van der Waals surface area contributed by atoms with E-state index in [4.69, 9.17) is 19.9 Å². The summed E-state index contributed by atoms with van der Waals surface area (Å²) in [5.74, 6) is -4.30. The number of benzene rings is 4. The van der Waals surface area contributed by atoms with Gasteiger partial charge in [0.1, 0.15) is 0 Å². The van der Waals surface area contributed by atoms with Gasteiger partial charge in [-0.05, 0) is 117 Å². The van der Waals surface area contributed by atoms with E-state index in [-0.39, 0.29) is 51.7 Å². The van der Waals surface area contributed by atoms with Crippen LogP contribution in [0.4, 0.5) is 0 Å². The first-order valence-electron chi connectivity index (χ1n) is 18.4. The van der Waals surface area contributed by atoms with E-state index < -0.39 is 23.9 Å². The molecule has 4 N–H and O–H groups in total. The van der Waals surface area contributed by atoms with Crippen molar-refractivity contribution in [2.24, 2.45) is 0 Å². The van der Waals surface area contributed by atoms with Crippen molar-refractivity contribution < 1.29 is 69.1 Å². The predicted molar refractivity (Wildman–Crippen MR) is 226 cm³/mol. The van der Waals surface area contributed by atoms with Gasteiger partial charge in [0.25, 0.3) is 0 Å². The van der Waals surface area contributed by atoms with Gasteiger partial charge in [0.2, 0.25) is 0 Å². The molecule has 4 aromatic carbocycles. The summed E-state index contributed by atoms with van der Waals surface area (Å²) < 4.78 is 0. The maximum Gasteiger partial charge on any atom is 3.00 e. The zero-order valence-corrected chi connectivity index (χ0v) is 33.8. The quantitative estimate of drug-likeness (QED) is 0.123. The van der Waals surface area contributed by atoms with Crippen LogP contribution in [0.3, 0.4) is 0 Å². The predicted octanol–water partition coefficient (Wildman–Crippen LogP) is 6.38. The first-order valence-corrected chi connectivity index (χ1v) is 18.4. The molecule has 8 bridgehead atoms. The number of carbonyl (C=O) groups is 4. The number of nitrogens with zero attached hydrogens (tertiary/aromatic N) is 4. The van der Waals surface area contributed by atoms with Crippen molar-refractivity contribution in [1.82, 2.24) is 19.9 Å². The summed E-state index contributed by atoms with van der Waals surface area (Å²) in [5.41, 5.74) is 9.53. The summed E-state index contributed by atoms with van der Waals surface area (Å²) in [6, 6.07) is 33.0. The fraction of sp³-hybridized carbons (Fsp3) is 0. The summed E-state index contributed by atoms with van der Waals surface area (Å²) in [7, 11) is 0. The molecule has 0 aliphatic carbocycles. The molecule has 0 atom stereocenters. The van der Waals surface area contributed by atoms with Crippen molar-refractivity contribution in [2.75, 3.05) is 0 Å². The Labute approximate surface area is 368 Å². The smallest absolute Gasteiger partial charge is 1.00 e. The zero-order chi connectivity index (χ0) is 41.7. The van der Waals surface area contributed by atoms with Crippen LogP contribution in [0.1, 0.15) is 64.2 Å². The maximum atomic E-state index is 11.8. The first kappa shape index (κ1) is 42.3.